The van der Waals surface area contributed by atoms with Crippen molar-refractivity contribution in [2.45, 2.75) is 32.2 Å². The molecule has 3 rings (SSSR count). The molecule has 0 saturated heterocycles. The molecule has 1 aliphatic heterocycles. The Bertz CT molecular complexity index is 769. The topological polar surface area (TPSA) is 71.8 Å². The Morgan fingerprint density at radius 3 is 2.64 bits per heavy atom. The first-order valence-electron chi connectivity index (χ1n) is 7.34. The predicted octanol–water partition coefficient (Wildman–Crippen LogP) is 3.66. The van der Waals surface area contributed by atoms with E-state index >= 15 is 0 Å². The normalized spacial score (nSPS) is 14.0. The molecular weight excluding hydrogens is 342 g/mol. The standard InChI is InChI=1S/C17H16BrN3O/c18-12-7-5-11(6-8-12)17(22)16-15(20)13(10-19)14-4-2-1-3-9-21(14)16/h5-8H,1-4,9,20H2. The van der Waals surface area contributed by atoms with Gasteiger partial charge < -0.3 is 10.3 Å². The number of carbonyl (C=O) groups is 1. The lowest BCUT2D eigenvalue weighted by Gasteiger charge is -2.10. The Balaban J connectivity index is 2.14. The van der Waals surface area contributed by atoms with Crippen LogP contribution in [0.2, 0.25) is 0 Å². The quantitative estimate of drug-likeness (QED) is 0.833. The molecule has 0 bridgehead atoms. The number of rotatable bonds is 2. The Kier molecular flexibility index (Phi) is 4.04. The van der Waals surface area contributed by atoms with Gasteiger partial charge in [-0.3, -0.25) is 4.79 Å². The van der Waals surface area contributed by atoms with Gasteiger partial charge in [-0.05, 0) is 43.5 Å². The monoisotopic (exact) mass is 357 g/mol. The van der Waals surface area contributed by atoms with Crippen molar-refractivity contribution in [2.24, 2.45) is 0 Å². The van der Waals surface area contributed by atoms with Crippen LogP contribution in [0.4, 0.5) is 5.69 Å². The van der Waals surface area contributed by atoms with Gasteiger partial charge in [-0.15, -0.1) is 0 Å². The summed E-state index contributed by atoms with van der Waals surface area (Å²) in [6.07, 6.45) is 3.95. The average molecular weight is 358 g/mol. The van der Waals surface area contributed by atoms with E-state index in [4.69, 9.17) is 5.73 Å². The van der Waals surface area contributed by atoms with E-state index in [1.807, 2.05) is 16.7 Å². The molecule has 0 amide bonds. The van der Waals surface area contributed by atoms with Gasteiger partial charge in [0, 0.05) is 22.3 Å². The smallest absolute Gasteiger partial charge is 0.211 e. The maximum absolute atomic E-state index is 12.9. The molecule has 2 N–H and O–H groups in total. The van der Waals surface area contributed by atoms with Crippen molar-refractivity contribution in [3.8, 4) is 6.07 Å². The third kappa shape index (κ3) is 2.44. The average Bonchev–Trinajstić information content (AvgIpc) is 2.66. The third-order valence-corrected chi connectivity index (χ3v) is 4.67. The van der Waals surface area contributed by atoms with Crippen molar-refractivity contribution in [2.75, 3.05) is 5.73 Å². The molecule has 0 spiro atoms. The molecule has 0 aliphatic carbocycles. The van der Waals surface area contributed by atoms with Crippen LogP contribution in [-0.4, -0.2) is 10.4 Å². The summed E-state index contributed by atoms with van der Waals surface area (Å²) in [5, 5.41) is 9.41. The number of halogens is 1. The Hall–Kier alpha value is -2.06. The number of anilines is 1. The number of hydrogen-bond donors (Lipinski definition) is 1. The molecule has 0 radical (unpaired) electrons. The minimum Gasteiger partial charge on any atom is -0.396 e. The van der Waals surface area contributed by atoms with E-state index in [1.165, 1.54) is 0 Å². The second-order valence-electron chi connectivity index (χ2n) is 5.49. The van der Waals surface area contributed by atoms with Crippen molar-refractivity contribution in [1.82, 2.24) is 4.57 Å². The molecule has 0 unspecified atom stereocenters. The summed E-state index contributed by atoms with van der Waals surface area (Å²) in [4.78, 5) is 12.9. The molecule has 5 heteroatoms. The number of carbonyl (C=O) groups excluding carboxylic acids is 1. The second kappa shape index (κ2) is 5.98. The van der Waals surface area contributed by atoms with Gasteiger partial charge in [0.15, 0.2) is 0 Å². The van der Waals surface area contributed by atoms with Gasteiger partial charge in [0.05, 0.1) is 11.3 Å². The lowest BCUT2D eigenvalue weighted by Crippen LogP contribution is -2.13. The van der Waals surface area contributed by atoms with E-state index in [2.05, 4.69) is 22.0 Å². The van der Waals surface area contributed by atoms with Gasteiger partial charge in [0.25, 0.3) is 0 Å². The SMILES string of the molecule is N#Cc1c(N)c(C(=O)c2ccc(Br)cc2)n2c1CCCCC2. The number of fused-ring (bicyclic) bond motifs is 1. The highest BCUT2D eigenvalue weighted by atomic mass is 79.9. The van der Waals surface area contributed by atoms with Crippen LogP contribution >= 0.6 is 15.9 Å². The van der Waals surface area contributed by atoms with Crippen molar-refractivity contribution < 1.29 is 4.79 Å². The minimum absolute atomic E-state index is 0.116. The molecule has 2 heterocycles. The highest BCUT2D eigenvalue weighted by Crippen LogP contribution is 2.31. The first kappa shape index (κ1) is 14.9. The summed E-state index contributed by atoms with van der Waals surface area (Å²) in [6, 6.07) is 9.39. The number of ketones is 1. The molecule has 4 nitrogen and oxygen atoms in total. The highest BCUT2D eigenvalue weighted by Gasteiger charge is 2.26. The zero-order chi connectivity index (χ0) is 15.7. The number of nitrogen functional groups attached to an aromatic ring is 1. The minimum atomic E-state index is -0.116. The van der Waals surface area contributed by atoms with Crippen LogP contribution in [0.5, 0.6) is 0 Å². The number of nitrogens with zero attached hydrogens (tertiary/aromatic N) is 2. The van der Waals surface area contributed by atoms with Crippen LogP contribution in [0, 0.1) is 11.3 Å². The summed E-state index contributed by atoms with van der Waals surface area (Å²) in [7, 11) is 0. The zero-order valence-corrected chi connectivity index (χ0v) is 13.7. The molecule has 1 aliphatic rings. The van der Waals surface area contributed by atoms with Gasteiger partial charge in [0.1, 0.15) is 11.8 Å². The zero-order valence-electron chi connectivity index (χ0n) is 12.1. The van der Waals surface area contributed by atoms with Crippen LogP contribution in [0.3, 0.4) is 0 Å². The number of aromatic nitrogens is 1. The molecule has 22 heavy (non-hydrogen) atoms. The van der Waals surface area contributed by atoms with E-state index in [9.17, 15) is 10.1 Å². The fourth-order valence-electron chi connectivity index (χ4n) is 3.04. The summed E-state index contributed by atoms with van der Waals surface area (Å²) >= 11 is 3.37. The van der Waals surface area contributed by atoms with Gasteiger partial charge in [0.2, 0.25) is 5.78 Å². The lowest BCUT2D eigenvalue weighted by atomic mass is 10.1. The maximum Gasteiger partial charge on any atom is 0.211 e. The largest absolute Gasteiger partial charge is 0.396 e. The third-order valence-electron chi connectivity index (χ3n) is 4.14. The summed E-state index contributed by atoms with van der Waals surface area (Å²) in [5.41, 5.74) is 8.91. The van der Waals surface area contributed by atoms with Gasteiger partial charge in [-0.1, -0.05) is 22.4 Å². The molecule has 0 atom stereocenters. The van der Waals surface area contributed by atoms with Crippen LogP contribution in [0.15, 0.2) is 28.7 Å². The first-order chi connectivity index (χ1) is 10.6. The highest BCUT2D eigenvalue weighted by molar-refractivity contribution is 9.10. The maximum atomic E-state index is 12.9. The van der Waals surface area contributed by atoms with Crippen LogP contribution in [0.25, 0.3) is 0 Å². The molecule has 2 aromatic rings. The van der Waals surface area contributed by atoms with Crippen LogP contribution in [-0.2, 0) is 13.0 Å². The van der Waals surface area contributed by atoms with Crippen molar-refractivity contribution in [3.05, 3.63) is 51.3 Å². The van der Waals surface area contributed by atoms with Crippen molar-refractivity contribution in [3.63, 3.8) is 0 Å². The summed E-state index contributed by atoms with van der Waals surface area (Å²) < 4.78 is 2.88. The van der Waals surface area contributed by atoms with Crippen LogP contribution < -0.4 is 5.73 Å². The fraction of sp³-hybridized carbons (Fsp3) is 0.294. The van der Waals surface area contributed by atoms with Crippen LogP contribution in [0.1, 0.15) is 46.6 Å². The number of hydrogen-bond acceptors (Lipinski definition) is 3. The van der Waals surface area contributed by atoms with Gasteiger partial charge in [-0.2, -0.15) is 5.26 Å². The molecule has 1 aromatic heterocycles. The van der Waals surface area contributed by atoms with E-state index in [0.29, 0.717) is 22.5 Å². The fourth-order valence-corrected chi connectivity index (χ4v) is 3.31. The Morgan fingerprint density at radius 2 is 1.95 bits per heavy atom. The lowest BCUT2D eigenvalue weighted by molar-refractivity contribution is 0.103. The van der Waals surface area contributed by atoms with E-state index in [0.717, 1.165) is 42.4 Å². The molecule has 0 fully saturated rings. The molecule has 0 saturated carbocycles. The van der Waals surface area contributed by atoms with Gasteiger partial charge >= 0.3 is 0 Å². The number of nitrogens with two attached hydrogens (primary N) is 1. The summed E-state index contributed by atoms with van der Waals surface area (Å²) in [5.74, 6) is -0.116. The summed E-state index contributed by atoms with van der Waals surface area (Å²) in [6.45, 7) is 0.749. The number of nitriles is 1. The van der Waals surface area contributed by atoms with E-state index in [1.54, 1.807) is 12.1 Å². The Labute approximate surface area is 137 Å². The number of benzene rings is 1. The second-order valence-corrected chi connectivity index (χ2v) is 6.41. The van der Waals surface area contributed by atoms with Crippen molar-refractivity contribution in [1.29, 1.82) is 5.26 Å². The van der Waals surface area contributed by atoms with E-state index < -0.39 is 0 Å². The Morgan fingerprint density at radius 1 is 1.23 bits per heavy atom. The van der Waals surface area contributed by atoms with Gasteiger partial charge in [-0.25, -0.2) is 0 Å². The molecular formula is C17H16BrN3O. The molecule has 1 aromatic carbocycles. The predicted molar refractivity (Wildman–Crippen MR) is 88.7 cm³/mol. The first-order valence-corrected chi connectivity index (χ1v) is 8.14. The van der Waals surface area contributed by atoms with E-state index in [-0.39, 0.29) is 5.78 Å². The van der Waals surface area contributed by atoms with Crippen molar-refractivity contribution >= 4 is 27.4 Å². The molecule has 112 valence electrons.